The molecule has 0 aromatic rings. The lowest BCUT2D eigenvalue weighted by molar-refractivity contribution is -0.113. The highest BCUT2D eigenvalue weighted by atomic mass is 16.1. The third kappa shape index (κ3) is 2.80. The predicted octanol–water partition coefficient (Wildman–Crippen LogP) is 1.22. The number of nitrogens with zero attached hydrogens (tertiary/aromatic N) is 1. The van der Waals surface area contributed by atoms with Crippen molar-refractivity contribution in [2.75, 3.05) is 7.05 Å². The molecule has 0 N–H and O–H groups in total. The molecule has 9 heavy (non-hydrogen) atoms. The maximum absolute atomic E-state index is 10.6. The van der Waals surface area contributed by atoms with Gasteiger partial charge < -0.3 is 0 Å². The number of hydrogen-bond acceptors (Lipinski definition) is 2. The van der Waals surface area contributed by atoms with Crippen LogP contribution in [0.5, 0.6) is 0 Å². The van der Waals surface area contributed by atoms with E-state index in [-0.39, 0.29) is 5.78 Å². The molecule has 0 amide bonds. The average Bonchev–Trinajstić information content (AvgIpc) is 1.82. The molecule has 2 nitrogen and oxygen atoms in total. The van der Waals surface area contributed by atoms with Crippen LogP contribution in [0.4, 0.5) is 0 Å². The van der Waals surface area contributed by atoms with E-state index in [1.54, 1.807) is 19.3 Å². The topological polar surface area (TPSA) is 29.4 Å². The van der Waals surface area contributed by atoms with Crippen molar-refractivity contribution in [2.45, 2.75) is 13.8 Å². The largest absolute Gasteiger partial charge is 0.296 e. The van der Waals surface area contributed by atoms with E-state index in [0.717, 1.165) is 0 Å². The molecule has 0 aliphatic rings. The monoisotopic (exact) mass is 125 g/mol. The smallest absolute Gasteiger partial charge is 0.160 e. The zero-order valence-electron chi connectivity index (χ0n) is 6.01. The minimum atomic E-state index is 0.0584. The number of carbonyl (C=O) groups is 1. The molecule has 0 bridgehead atoms. The number of carbonyl (C=O) groups excluding carboxylic acids is 1. The number of Topliss-reactive ketones (excluding diaryl/α,β-unsaturated/α-hetero) is 1. The van der Waals surface area contributed by atoms with Crippen molar-refractivity contribution in [1.29, 1.82) is 0 Å². The standard InChI is InChI=1S/C7H11NO/c1-4-7(5-8-3)6(2)9/h4-5H,1-3H3. The van der Waals surface area contributed by atoms with E-state index in [2.05, 4.69) is 4.99 Å². The van der Waals surface area contributed by atoms with Crippen molar-refractivity contribution in [1.82, 2.24) is 0 Å². The van der Waals surface area contributed by atoms with Gasteiger partial charge in [0.2, 0.25) is 0 Å². The van der Waals surface area contributed by atoms with E-state index in [1.165, 1.54) is 6.92 Å². The van der Waals surface area contributed by atoms with Crippen LogP contribution in [0, 0.1) is 0 Å². The van der Waals surface area contributed by atoms with E-state index in [9.17, 15) is 4.79 Å². The number of allylic oxidation sites excluding steroid dienone is 2. The SMILES string of the molecule is CC=C(C=NC)C(C)=O. The Morgan fingerprint density at radius 2 is 2.11 bits per heavy atom. The molecule has 0 aromatic heterocycles. The molecular weight excluding hydrogens is 114 g/mol. The van der Waals surface area contributed by atoms with Gasteiger partial charge in [-0.05, 0) is 13.8 Å². The van der Waals surface area contributed by atoms with Gasteiger partial charge in [0.15, 0.2) is 5.78 Å². The minimum absolute atomic E-state index is 0.0584. The third-order valence-corrected chi connectivity index (χ3v) is 0.986. The van der Waals surface area contributed by atoms with Crippen LogP contribution >= 0.6 is 0 Å². The number of rotatable bonds is 2. The lowest BCUT2D eigenvalue weighted by atomic mass is 10.2. The van der Waals surface area contributed by atoms with Crippen molar-refractivity contribution in [3.05, 3.63) is 11.6 Å². The Kier molecular flexibility index (Phi) is 3.60. The number of aliphatic imine (C=N–C) groups is 1. The first kappa shape index (κ1) is 8.08. The van der Waals surface area contributed by atoms with Crippen LogP contribution in [-0.2, 0) is 4.79 Å². The van der Waals surface area contributed by atoms with Crippen LogP contribution in [-0.4, -0.2) is 19.0 Å². The molecule has 0 saturated carbocycles. The normalized spacial score (nSPS) is 12.6. The summed E-state index contributed by atoms with van der Waals surface area (Å²) in [7, 11) is 1.65. The predicted molar refractivity (Wildman–Crippen MR) is 38.9 cm³/mol. The van der Waals surface area contributed by atoms with Crippen LogP contribution < -0.4 is 0 Å². The summed E-state index contributed by atoms with van der Waals surface area (Å²) in [5.41, 5.74) is 0.664. The first-order chi connectivity index (χ1) is 4.22. The minimum Gasteiger partial charge on any atom is -0.296 e. The molecule has 0 unspecified atom stereocenters. The molecule has 0 spiro atoms. The molecule has 0 rings (SSSR count). The Labute approximate surface area is 55.3 Å². The van der Waals surface area contributed by atoms with Crippen LogP contribution in [0.1, 0.15) is 13.8 Å². The molecule has 0 aliphatic carbocycles. The van der Waals surface area contributed by atoms with Crippen LogP contribution in [0.15, 0.2) is 16.6 Å². The lowest BCUT2D eigenvalue weighted by Gasteiger charge is -1.88. The fourth-order valence-corrected chi connectivity index (χ4v) is 0.508. The Morgan fingerprint density at radius 1 is 1.56 bits per heavy atom. The molecule has 0 atom stereocenters. The average molecular weight is 125 g/mol. The van der Waals surface area contributed by atoms with Gasteiger partial charge in [0.05, 0.1) is 0 Å². The molecule has 50 valence electrons. The van der Waals surface area contributed by atoms with Crippen LogP contribution in [0.2, 0.25) is 0 Å². The zero-order chi connectivity index (χ0) is 7.28. The van der Waals surface area contributed by atoms with E-state index in [4.69, 9.17) is 0 Å². The van der Waals surface area contributed by atoms with Crippen molar-refractivity contribution in [3.8, 4) is 0 Å². The Balaban J connectivity index is 4.19. The summed E-state index contributed by atoms with van der Waals surface area (Å²) < 4.78 is 0. The molecule has 0 heterocycles. The van der Waals surface area contributed by atoms with Crippen LogP contribution in [0.3, 0.4) is 0 Å². The van der Waals surface area contributed by atoms with Crippen molar-refractivity contribution >= 4 is 12.0 Å². The second-order valence-corrected chi connectivity index (χ2v) is 1.69. The fourth-order valence-electron chi connectivity index (χ4n) is 0.508. The van der Waals surface area contributed by atoms with E-state index < -0.39 is 0 Å². The second-order valence-electron chi connectivity index (χ2n) is 1.69. The lowest BCUT2D eigenvalue weighted by Crippen LogP contribution is -1.96. The maximum Gasteiger partial charge on any atom is 0.160 e. The van der Waals surface area contributed by atoms with Gasteiger partial charge in [-0.2, -0.15) is 0 Å². The zero-order valence-corrected chi connectivity index (χ0v) is 6.01. The first-order valence-corrected chi connectivity index (χ1v) is 2.81. The van der Waals surface area contributed by atoms with E-state index in [0.29, 0.717) is 5.57 Å². The highest BCUT2D eigenvalue weighted by molar-refractivity contribution is 6.11. The summed E-state index contributed by atoms with van der Waals surface area (Å²) in [6.45, 7) is 3.34. The third-order valence-electron chi connectivity index (χ3n) is 0.986. The summed E-state index contributed by atoms with van der Waals surface area (Å²) in [5, 5.41) is 0. The Morgan fingerprint density at radius 3 is 2.22 bits per heavy atom. The van der Waals surface area contributed by atoms with Crippen molar-refractivity contribution < 1.29 is 4.79 Å². The summed E-state index contributed by atoms with van der Waals surface area (Å²) in [6, 6.07) is 0. The Hall–Kier alpha value is -0.920. The quantitative estimate of drug-likeness (QED) is 0.403. The molecule has 0 saturated heterocycles. The van der Waals surface area contributed by atoms with Gasteiger partial charge in [0.1, 0.15) is 0 Å². The maximum atomic E-state index is 10.6. The second kappa shape index (κ2) is 4.01. The molecular formula is C7H11NO. The van der Waals surface area contributed by atoms with E-state index in [1.807, 2.05) is 6.92 Å². The summed E-state index contributed by atoms with van der Waals surface area (Å²) in [5.74, 6) is 0.0584. The van der Waals surface area contributed by atoms with Gasteiger partial charge in [0, 0.05) is 18.8 Å². The van der Waals surface area contributed by atoms with Gasteiger partial charge in [0.25, 0.3) is 0 Å². The van der Waals surface area contributed by atoms with Crippen molar-refractivity contribution in [2.24, 2.45) is 4.99 Å². The highest BCUT2D eigenvalue weighted by Gasteiger charge is 1.94. The number of hydrogen-bond donors (Lipinski definition) is 0. The number of ketones is 1. The first-order valence-electron chi connectivity index (χ1n) is 2.81. The molecule has 0 fully saturated rings. The van der Waals surface area contributed by atoms with Gasteiger partial charge in [-0.3, -0.25) is 9.79 Å². The van der Waals surface area contributed by atoms with Gasteiger partial charge >= 0.3 is 0 Å². The van der Waals surface area contributed by atoms with Crippen molar-refractivity contribution in [3.63, 3.8) is 0 Å². The molecule has 0 aliphatic heterocycles. The van der Waals surface area contributed by atoms with Crippen LogP contribution in [0.25, 0.3) is 0 Å². The molecule has 2 heteroatoms. The summed E-state index contributed by atoms with van der Waals surface area (Å²) in [6.07, 6.45) is 3.30. The summed E-state index contributed by atoms with van der Waals surface area (Å²) in [4.78, 5) is 14.3. The van der Waals surface area contributed by atoms with Gasteiger partial charge in [-0.15, -0.1) is 0 Å². The van der Waals surface area contributed by atoms with E-state index >= 15 is 0 Å². The molecule has 0 aromatic carbocycles. The molecule has 0 radical (unpaired) electrons. The van der Waals surface area contributed by atoms with Gasteiger partial charge in [-0.25, -0.2) is 0 Å². The Bertz CT molecular complexity index is 156. The fraction of sp³-hybridized carbons (Fsp3) is 0.429. The van der Waals surface area contributed by atoms with Gasteiger partial charge in [-0.1, -0.05) is 6.08 Å². The highest BCUT2D eigenvalue weighted by Crippen LogP contribution is 1.90. The summed E-state index contributed by atoms with van der Waals surface area (Å²) >= 11 is 0.